The lowest BCUT2D eigenvalue weighted by Crippen LogP contribution is -2.31. The molecule has 2 aromatic rings. The molecule has 0 amide bonds. The van der Waals surface area contributed by atoms with Gasteiger partial charge in [0.05, 0.1) is 7.11 Å². The molecule has 0 spiro atoms. The summed E-state index contributed by atoms with van der Waals surface area (Å²) >= 11 is 6.17. The SMILES string of the molecule is COC(=O)C(NCCc1ccccc1)c1ccccc1Cl. The Kier molecular flexibility index (Phi) is 5.78. The van der Waals surface area contributed by atoms with Crippen LogP contribution in [-0.2, 0) is 16.0 Å². The molecule has 0 aromatic heterocycles. The van der Waals surface area contributed by atoms with Gasteiger partial charge in [0.2, 0.25) is 0 Å². The van der Waals surface area contributed by atoms with Crippen LogP contribution in [-0.4, -0.2) is 19.6 Å². The van der Waals surface area contributed by atoms with Crippen molar-refractivity contribution in [2.45, 2.75) is 12.5 Å². The van der Waals surface area contributed by atoms with E-state index in [0.29, 0.717) is 11.6 Å². The number of rotatable bonds is 6. The molecule has 0 bridgehead atoms. The number of hydrogen-bond donors (Lipinski definition) is 1. The lowest BCUT2D eigenvalue weighted by molar-refractivity contribution is -0.143. The van der Waals surface area contributed by atoms with Gasteiger partial charge in [-0.3, -0.25) is 0 Å². The third-order valence-corrected chi connectivity index (χ3v) is 3.60. The van der Waals surface area contributed by atoms with E-state index in [2.05, 4.69) is 17.4 Å². The van der Waals surface area contributed by atoms with Gasteiger partial charge in [0.15, 0.2) is 0 Å². The summed E-state index contributed by atoms with van der Waals surface area (Å²) in [6.45, 7) is 0.662. The van der Waals surface area contributed by atoms with Gasteiger partial charge < -0.3 is 10.1 Å². The summed E-state index contributed by atoms with van der Waals surface area (Å²) in [5, 5.41) is 3.77. The van der Waals surface area contributed by atoms with Crippen LogP contribution in [0.1, 0.15) is 17.2 Å². The average molecular weight is 304 g/mol. The Balaban J connectivity index is 2.04. The van der Waals surface area contributed by atoms with E-state index in [1.54, 1.807) is 6.07 Å². The Morgan fingerprint density at radius 1 is 1.14 bits per heavy atom. The Bertz CT molecular complexity index is 586. The van der Waals surface area contributed by atoms with Gasteiger partial charge >= 0.3 is 5.97 Å². The first-order chi connectivity index (χ1) is 10.2. The average Bonchev–Trinajstić information content (AvgIpc) is 2.53. The quantitative estimate of drug-likeness (QED) is 0.831. The van der Waals surface area contributed by atoms with E-state index >= 15 is 0 Å². The van der Waals surface area contributed by atoms with E-state index in [0.717, 1.165) is 12.0 Å². The van der Waals surface area contributed by atoms with Gasteiger partial charge in [-0.15, -0.1) is 0 Å². The molecule has 0 saturated heterocycles. The minimum absolute atomic E-state index is 0.337. The Hall–Kier alpha value is -1.84. The zero-order valence-electron chi connectivity index (χ0n) is 11.9. The lowest BCUT2D eigenvalue weighted by Gasteiger charge is -2.18. The number of esters is 1. The summed E-state index contributed by atoms with van der Waals surface area (Å²) < 4.78 is 4.86. The molecule has 2 aromatic carbocycles. The highest BCUT2D eigenvalue weighted by Crippen LogP contribution is 2.23. The monoisotopic (exact) mass is 303 g/mol. The molecule has 2 rings (SSSR count). The van der Waals surface area contributed by atoms with Gasteiger partial charge in [0, 0.05) is 11.6 Å². The smallest absolute Gasteiger partial charge is 0.327 e. The van der Waals surface area contributed by atoms with Gasteiger partial charge in [-0.05, 0) is 23.6 Å². The molecule has 21 heavy (non-hydrogen) atoms. The first-order valence-corrected chi connectivity index (χ1v) is 7.19. The maximum atomic E-state index is 12.0. The van der Waals surface area contributed by atoms with Crippen molar-refractivity contribution in [2.75, 3.05) is 13.7 Å². The van der Waals surface area contributed by atoms with Crippen molar-refractivity contribution in [3.05, 3.63) is 70.7 Å². The van der Waals surface area contributed by atoms with Crippen molar-refractivity contribution in [1.82, 2.24) is 5.32 Å². The van der Waals surface area contributed by atoms with E-state index < -0.39 is 6.04 Å². The van der Waals surface area contributed by atoms with Crippen molar-refractivity contribution in [3.8, 4) is 0 Å². The molecular weight excluding hydrogens is 286 g/mol. The van der Waals surface area contributed by atoms with Crippen molar-refractivity contribution < 1.29 is 9.53 Å². The highest BCUT2D eigenvalue weighted by molar-refractivity contribution is 6.31. The fourth-order valence-corrected chi connectivity index (χ4v) is 2.40. The van der Waals surface area contributed by atoms with Crippen LogP contribution in [0.2, 0.25) is 5.02 Å². The largest absolute Gasteiger partial charge is 0.468 e. The number of carbonyl (C=O) groups excluding carboxylic acids is 1. The fraction of sp³-hybridized carbons (Fsp3) is 0.235. The van der Waals surface area contributed by atoms with Gasteiger partial charge in [-0.25, -0.2) is 4.79 Å². The molecule has 1 atom stereocenters. The molecule has 4 heteroatoms. The second-order valence-corrected chi connectivity index (χ2v) is 5.07. The van der Waals surface area contributed by atoms with E-state index in [1.165, 1.54) is 12.7 Å². The Morgan fingerprint density at radius 2 is 1.81 bits per heavy atom. The predicted molar refractivity (Wildman–Crippen MR) is 84.4 cm³/mol. The third kappa shape index (κ3) is 4.31. The summed E-state index contributed by atoms with van der Waals surface area (Å²) in [6, 6.07) is 16.9. The van der Waals surface area contributed by atoms with E-state index in [-0.39, 0.29) is 5.97 Å². The molecule has 1 N–H and O–H groups in total. The topological polar surface area (TPSA) is 38.3 Å². The molecule has 0 aliphatic carbocycles. The van der Waals surface area contributed by atoms with Crippen molar-refractivity contribution in [3.63, 3.8) is 0 Å². The lowest BCUT2D eigenvalue weighted by atomic mass is 10.1. The summed E-state index contributed by atoms with van der Waals surface area (Å²) in [6.07, 6.45) is 0.832. The van der Waals surface area contributed by atoms with Crippen molar-refractivity contribution >= 4 is 17.6 Å². The number of carbonyl (C=O) groups is 1. The minimum atomic E-state index is -0.549. The minimum Gasteiger partial charge on any atom is -0.468 e. The van der Waals surface area contributed by atoms with Crippen LogP contribution in [0.25, 0.3) is 0 Å². The predicted octanol–water partition coefficient (Wildman–Crippen LogP) is 3.39. The summed E-state index contributed by atoms with van der Waals surface area (Å²) in [5.41, 5.74) is 1.95. The first-order valence-electron chi connectivity index (χ1n) is 6.82. The van der Waals surface area contributed by atoms with Crippen LogP contribution in [0.4, 0.5) is 0 Å². The van der Waals surface area contributed by atoms with Crippen LogP contribution in [0.15, 0.2) is 54.6 Å². The number of halogens is 1. The van der Waals surface area contributed by atoms with Gasteiger partial charge in [-0.2, -0.15) is 0 Å². The van der Waals surface area contributed by atoms with E-state index in [9.17, 15) is 4.79 Å². The van der Waals surface area contributed by atoms with E-state index in [4.69, 9.17) is 16.3 Å². The number of benzene rings is 2. The van der Waals surface area contributed by atoms with Crippen molar-refractivity contribution in [1.29, 1.82) is 0 Å². The number of ether oxygens (including phenoxy) is 1. The second kappa shape index (κ2) is 7.81. The van der Waals surface area contributed by atoms with Gasteiger partial charge in [0.1, 0.15) is 6.04 Å². The molecule has 0 fully saturated rings. The maximum absolute atomic E-state index is 12.0. The second-order valence-electron chi connectivity index (χ2n) is 4.67. The number of hydrogen-bond acceptors (Lipinski definition) is 3. The summed E-state index contributed by atoms with van der Waals surface area (Å²) in [5.74, 6) is -0.337. The van der Waals surface area contributed by atoms with Crippen LogP contribution in [0.3, 0.4) is 0 Å². The van der Waals surface area contributed by atoms with E-state index in [1.807, 2.05) is 36.4 Å². The third-order valence-electron chi connectivity index (χ3n) is 3.26. The van der Waals surface area contributed by atoms with Gasteiger partial charge in [-0.1, -0.05) is 60.1 Å². The van der Waals surface area contributed by atoms with Crippen LogP contribution >= 0.6 is 11.6 Å². The molecule has 0 heterocycles. The molecule has 0 saturated carbocycles. The Morgan fingerprint density at radius 3 is 2.48 bits per heavy atom. The van der Waals surface area contributed by atoms with Gasteiger partial charge in [0.25, 0.3) is 0 Å². The number of nitrogens with one attached hydrogen (secondary N) is 1. The molecule has 1 unspecified atom stereocenters. The maximum Gasteiger partial charge on any atom is 0.327 e. The van der Waals surface area contributed by atoms with Crippen LogP contribution < -0.4 is 5.32 Å². The molecule has 110 valence electrons. The highest BCUT2D eigenvalue weighted by atomic mass is 35.5. The summed E-state index contributed by atoms with van der Waals surface area (Å²) in [7, 11) is 1.38. The van der Waals surface area contributed by atoms with Crippen LogP contribution in [0.5, 0.6) is 0 Å². The zero-order chi connectivity index (χ0) is 15.1. The zero-order valence-corrected chi connectivity index (χ0v) is 12.6. The Labute approximate surface area is 129 Å². The normalized spacial score (nSPS) is 11.9. The highest BCUT2D eigenvalue weighted by Gasteiger charge is 2.22. The molecule has 0 aliphatic rings. The first kappa shape index (κ1) is 15.5. The standard InChI is InChI=1S/C17H18ClNO2/c1-21-17(20)16(14-9-5-6-10-15(14)18)19-12-11-13-7-3-2-4-8-13/h2-10,16,19H,11-12H2,1H3. The molecule has 0 radical (unpaired) electrons. The van der Waals surface area contributed by atoms with Crippen LogP contribution in [0, 0.1) is 0 Å². The van der Waals surface area contributed by atoms with Crippen molar-refractivity contribution in [2.24, 2.45) is 0 Å². The molecule has 3 nitrogen and oxygen atoms in total. The summed E-state index contributed by atoms with van der Waals surface area (Å²) in [4.78, 5) is 12.0. The molecule has 0 aliphatic heterocycles. The number of methoxy groups -OCH3 is 1. The fourth-order valence-electron chi connectivity index (χ4n) is 2.15. The molecular formula is C17H18ClNO2.